The molecule has 2 atom stereocenters. The first-order valence-corrected chi connectivity index (χ1v) is 6.28. The fraction of sp³-hybridized carbons (Fsp3) is 0.571. The summed E-state index contributed by atoms with van der Waals surface area (Å²) in [6.45, 7) is 3.99. The van der Waals surface area contributed by atoms with Gasteiger partial charge >= 0.3 is 0 Å². The monoisotopic (exact) mass is 235 g/mol. The number of benzene rings is 1. The van der Waals surface area contributed by atoms with Crippen molar-refractivity contribution in [2.75, 3.05) is 20.3 Å². The van der Waals surface area contributed by atoms with Crippen molar-refractivity contribution >= 4 is 0 Å². The molecule has 2 unspecified atom stereocenters. The fourth-order valence-electron chi connectivity index (χ4n) is 2.30. The minimum atomic E-state index is 0.340. The Morgan fingerprint density at radius 2 is 2.24 bits per heavy atom. The quantitative estimate of drug-likeness (QED) is 0.847. The summed E-state index contributed by atoms with van der Waals surface area (Å²) in [6.07, 6.45) is 2.45. The van der Waals surface area contributed by atoms with Gasteiger partial charge in [-0.1, -0.05) is 18.2 Å². The van der Waals surface area contributed by atoms with Gasteiger partial charge in [0.05, 0.1) is 13.2 Å². The highest BCUT2D eigenvalue weighted by Gasteiger charge is 2.23. The number of rotatable bonds is 5. The Bertz CT molecular complexity index is 354. The van der Waals surface area contributed by atoms with E-state index in [0.29, 0.717) is 12.1 Å². The Hall–Kier alpha value is -1.06. The summed E-state index contributed by atoms with van der Waals surface area (Å²) in [4.78, 5) is 0. The molecular weight excluding hydrogens is 214 g/mol. The summed E-state index contributed by atoms with van der Waals surface area (Å²) in [5.41, 5.74) is 1.26. The highest BCUT2D eigenvalue weighted by molar-refractivity contribution is 5.33. The normalized spacial score (nSPS) is 23.9. The molecule has 0 radical (unpaired) electrons. The Balaban J connectivity index is 1.81. The van der Waals surface area contributed by atoms with Gasteiger partial charge in [0.15, 0.2) is 0 Å². The molecule has 0 aromatic heterocycles. The van der Waals surface area contributed by atoms with Gasteiger partial charge in [-0.05, 0) is 37.9 Å². The van der Waals surface area contributed by atoms with Crippen LogP contribution in [-0.4, -0.2) is 32.4 Å². The van der Waals surface area contributed by atoms with E-state index < -0.39 is 0 Å². The van der Waals surface area contributed by atoms with Gasteiger partial charge in [-0.15, -0.1) is 0 Å². The molecule has 0 saturated carbocycles. The highest BCUT2D eigenvalue weighted by Crippen LogP contribution is 2.18. The van der Waals surface area contributed by atoms with E-state index in [1.165, 1.54) is 5.56 Å². The first kappa shape index (κ1) is 12.4. The van der Waals surface area contributed by atoms with E-state index in [1.54, 1.807) is 7.11 Å². The maximum absolute atomic E-state index is 5.53. The first-order chi connectivity index (χ1) is 8.31. The molecule has 1 aromatic carbocycles. The molecule has 17 heavy (non-hydrogen) atoms. The number of para-hydroxylation sites is 1. The molecule has 1 aliphatic rings. The lowest BCUT2D eigenvalue weighted by Gasteiger charge is -2.16. The van der Waals surface area contributed by atoms with Crippen LogP contribution in [0.2, 0.25) is 0 Å². The van der Waals surface area contributed by atoms with Gasteiger partial charge in [0, 0.05) is 12.6 Å². The lowest BCUT2D eigenvalue weighted by molar-refractivity contribution is 0.113. The second kappa shape index (κ2) is 6.03. The van der Waals surface area contributed by atoms with Crippen molar-refractivity contribution in [1.29, 1.82) is 0 Å². The van der Waals surface area contributed by atoms with Crippen LogP contribution < -0.4 is 10.1 Å². The van der Waals surface area contributed by atoms with Crippen LogP contribution in [0.1, 0.15) is 18.9 Å². The summed E-state index contributed by atoms with van der Waals surface area (Å²) in [7, 11) is 1.72. The lowest BCUT2D eigenvalue weighted by atomic mass is 10.1. The molecule has 3 heteroatoms. The smallest absolute Gasteiger partial charge is 0.122 e. The topological polar surface area (TPSA) is 30.5 Å². The minimum Gasteiger partial charge on any atom is -0.496 e. The van der Waals surface area contributed by atoms with E-state index in [-0.39, 0.29) is 0 Å². The van der Waals surface area contributed by atoms with Gasteiger partial charge in [0.25, 0.3) is 0 Å². The molecule has 94 valence electrons. The molecule has 1 saturated heterocycles. The lowest BCUT2D eigenvalue weighted by Crippen LogP contribution is -2.35. The molecule has 0 aliphatic carbocycles. The van der Waals surface area contributed by atoms with E-state index in [2.05, 4.69) is 24.4 Å². The standard InChI is InChI=1S/C14H21NO2/c1-11-13(8-10-17-11)15-9-7-12-5-3-4-6-14(12)16-2/h3-6,11,13,15H,7-10H2,1-2H3. The number of hydrogen-bond donors (Lipinski definition) is 1. The van der Waals surface area contributed by atoms with E-state index in [1.807, 2.05) is 12.1 Å². The molecule has 2 rings (SSSR count). The third kappa shape index (κ3) is 3.20. The van der Waals surface area contributed by atoms with E-state index in [9.17, 15) is 0 Å². The van der Waals surface area contributed by atoms with Gasteiger partial charge in [0.1, 0.15) is 5.75 Å². The van der Waals surface area contributed by atoms with Crippen molar-refractivity contribution < 1.29 is 9.47 Å². The van der Waals surface area contributed by atoms with Crippen molar-refractivity contribution in [3.8, 4) is 5.75 Å². The molecule has 3 nitrogen and oxygen atoms in total. The number of ether oxygens (including phenoxy) is 2. The predicted octanol–water partition coefficient (Wildman–Crippen LogP) is 2.00. The number of nitrogens with one attached hydrogen (secondary N) is 1. The van der Waals surface area contributed by atoms with Crippen LogP contribution in [0.3, 0.4) is 0 Å². The average Bonchev–Trinajstić information content (AvgIpc) is 2.76. The molecular formula is C14H21NO2. The molecule has 0 bridgehead atoms. The van der Waals surface area contributed by atoms with Crippen LogP contribution in [0.5, 0.6) is 5.75 Å². The summed E-state index contributed by atoms with van der Waals surface area (Å²) in [5.74, 6) is 0.977. The van der Waals surface area contributed by atoms with Crippen molar-refractivity contribution in [3.63, 3.8) is 0 Å². The third-order valence-electron chi connectivity index (χ3n) is 3.37. The summed E-state index contributed by atoms with van der Waals surface area (Å²) < 4.78 is 10.9. The van der Waals surface area contributed by atoms with Crippen LogP contribution in [0.15, 0.2) is 24.3 Å². The van der Waals surface area contributed by atoms with E-state index in [4.69, 9.17) is 9.47 Å². The van der Waals surface area contributed by atoms with Crippen molar-refractivity contribution in [1.82, 2.24) is 5.32 Å². The Morgan fingerprint density at radius 3 is 2.94 bits per heavy atom. The van der Waals surface area contributed by atoms with E-state index >= 15 is 0 Å². The third-order valence-corrected chi connectivity index (χ3v) is 3.37. The van der Waals surface area contributed by atoms with Crippen molar-refractivity contribution in [2.24, 2.45) is 0 Å². The van der Waals surface area contributed by atoms with E-state index in [0.717, 1.165) is 31.7 Å². The Labute approximate surface area is 103 Å². The molecule has 1 fully saturated rings. The van der Waals surface area contributed by atoms with Crippen molar-refractivity contribution in [2.45, 2.75) is 31.9 Å². The number of hydrogen-bond acceptors (Lipinski definition) is 3. The average molecular weight is 235 g/mol. The van der Waals surface area contributed by atoms with Gasteiger partial charge < -0.3 is 14.8 Å². The zero-order chi connectivity index (χ0) is 12.1. The van der Waals surface area contributed by atoms with Gasteiger partial charge in [0.2, 0.25) is 0 Å². The molecule has 1 heterocycles. The SMILES string of the molecule is COc1ccccc1CCNC1CCOC1C. The molecule has 1 aromatic rings. The molecule has 0 amide bonds. The molecule has 1 N–H and O–H groups in total. The van der Waals surface area contributed by atoms with Gasteiger partial charge in [-0.25, -0.2) is 0 Å². The van der Waals surface area contributed by atoms with Crippen LogP contribution in [0.4, 0.5) is 0 Å². The highest BCUT2D eigenvalue weighted by atomic mass is 16.5. The molecule has 0 spiro atoms. The first-order valence-electron chi connectivity index (χ1n) is 6.28. The Kier molecular flexibility index (Phi) is 4.40. The van der Waals surface area contributed by atoms with Gasteiger partial charge in [-0.3, -0.25) is 0 Å². The summed E-state index contributed by atoms with van der Waals surface area (Å²) in [6, 6.07) is 8.69. The fourth-order valence-corrected chi connectivity index (χ4v) is 2.30. The summed E-state index contributed by atoms with van der Waals surface area (Å²) in [5, 5.41) is 3.55. The second-order valence-corrected chi connectivity index (χ2v) is 4.49. The van der Waals surface area contributed by atoms with Crippen molar-refractivity contribution in [3.05, 3.63) is 29.8 Å². The largest absolute Gasteiger partial charge is 0.496 e. The van der Waals surface area contributed by atoms with Crippen LogP contribution in [0, 0.1) is 0 Å². The predicted molar refractivity (Wildman–Crippen MR) is 68.5 cm³/mol. The zero-order valence-electron chi connectivity index (χ0n) is 10.6. The summed E-state index contributed by atoms with van der Waals surface area (Å²) >= 11 is 0. The van der Waals surface area contributed by atoms with Crippen LogP contribution in [-0.2, 0) is 11.2 Å². The maximum atomic E-state index is 5.53. The maximum Gasteiger partial charge on any atom is 0.122 e. The second-order valence-electron chi connectivity index (χ2n) is 4.49. The minimum absolute atomic E-state index is 0.340. The Morgan fingerprint density at radius 1 is 1.41 bits per heavy atom. The number of methoxy groups -OCH3 is 1. The molecule has 1 aliphatic heterocycles. The van der Waals surface area contributed by atoms with Gasteiger partial charge in [-0.2, -0.15) is 0 Å². The van der Waals surface area contributed by atoms with Crippen LogP contribution in [0.25, 0.3) is 0 Å². The van der Waals surface area contributed by atoms with Crippen LogP contribution >= 0.6 is 0 Å². The zero-order valence-corrected chi connectivity index (χ0v) is 10.6.